The third-order valence-electron chi connectivity index (χ3n) is 5.68. The van der Waals surface area contributed by atoms with Gasteiger partial charge in [0.25, 0.3) is 5.56 Å². The number of nitrogens with zero attached hydrogens (tertiary/aromatic N) is 4. The zero-order valence-electron chi connectivity index (χ0n) is 16.7. The molecule has 148 valence electrons. The summed E-state index contributed by atoms with van der Waals surface area (Å²) in [6, 6.07) is 12.3. The Bertz CT molecular complexity index is 979. The highest BCUT2D eigenvalue weighted by Crippen LogP contribution is 2.27. The fraction of sp³-hybridized carbons (Fsp3) is 0.476. The molecule has 1 aliphatic heterocycles. The maximum absolute atomic E-state index is 12.3. The van der Waals surface area contributed by atoms with Gasteiger partial charge in [-0.2, -0.15) is 5.26 Å². The van der Waals surface area contributed by atoms with E-state index in [9.17, 15) is 14.9 Å². The Morgan fingerprint density at radius 3 is 2.39 bits per heavy atom. The van der Waals surface area contributed by atoms with Gasteiger partial charge in [0.1, 0.15) is 11.9 Å². The molecule has 28 heavy (non-hydrogen) atoms. The maximum Gasteiger partial charge on any atom is 0.332 e. The summed E-state index contributed by atoms with van der Waals surface area (Å²) >= 11 is 0. The van der Waals surface area contributed by atoms with E-state index in [0.29, 0.717) is 6.54 Å². The number of nitriles is 1. The Morgan fingerprint density at radius 1 is 1.14 bits per heavy atom. The van der Waals surface area contributed by atoms with Crippen LogP contribution in [0.25, 0.3) is 0 Å². The zero-order valence-corrected chi connectivity index (χ0v) is 16.7. The average molecular weight is 381 g/mol. The zero-order chi connectivity index (χ0) is 20.3. The monoisotopic (exact) mass is 381 g/mol. The lowest BCUT2D eigenvalue weighted by Gasteiger charge is -2.37. The molecular weight excluding hydrogens is 354 g/mol. The van der Waals surface area contributed by atoms with Crippen LogP contribution in [0.15, 0.2) is 39.9 Å². The number of likely N-dealkylation sites (tertiary alicyclic amines) is 1. The minimum atomic E-state index is -0.573. The predicted octanol–water partition coefficient (Wildman–Crippen LogP) is 1.84. The van der Waals surface area contributed by atoms with Gasteiger partial charge in [0.15, 0.2) is 5.56 Å². The van der Waals surface area contributed by atoms with Gasteiger partial charge in [-0.05, 0) is 37.4 Å². The Morgan fingerprint density at radius 2 is 1.79 bits per heavy atom. The van der Waals surface area contributed by atoms with Gasteiger partial charge < -0.3 is 5.32 Å². The van der Waals surface area contributed by atoms with Crippen molar-refractivity contribution in [2.45, 2.75) is 25.8 Å². The largest absolute Gasteiger partial charge is 0.368 e. The van der Waals surface area contributed by atoms with Crippen LogP contribution in [-0.4, -0.2) is 33.7 Å². The first kappa shape index (κ1) is 19.9. The van der Waals surface area contributed by atoms with Gasteiger partial charge in [-0.3, -0.25) is 18.8 Å². The molecule has 0 spiro atoms. The highest BCUT2D eigenvalue weighted by atomic mass is 16.2. The third-order valence-corrected chi connectivity index (χ3v) is 5.68. The first-order valence-electron chi connectivity index (χ1n) is 9.67. The molecular formula is C21H27N5O2. The Kier molecular flexibility index (Phi) is 6.00. The van der Waals surface area contributed by atoms with Gasteiger partial charge >= 0.3 is 5.69 Å². The van der Waals surface area contributed by atoms with E-state index in [-0.39, 0.29) is 17.4 Å². The number of anilines is 1. The number of aromatic nitrogens is 2. The lowest BCUT2D eigenvalue weighted by Crippen LogP contribution is -2.42. The summed E-state index contributed by atoms with van der Waals surface area (Å²) < 4.78 is 2.30. The number of hydrogen-bond donors (Lipinski definition) is 1. The average Bonchev–Trinajstić information content (AvgIpc) is 2.72. The lowest BCUT2D eigenvalue weighted by atomic mass is 9.95. The van der Waals surface area contributed by atoms with Crippen molar-refractivity contribution in [3.05, 3.63) is 62.3 Å². The minimum Gasteiger partial charge on any atom is -0.368 e. The highest BCUT2D eigenvalue weighted by Gasteiger charge is 2.25. The predicted molar refractivity (Wildman–Crippen MR) is 109 cm³/mol. The Labute approximate surface area is 164 Å². The van der Waals surface area contributed by atoms with E-state index in [4.69, 9.17) is 0 Å². The fourth-order valence-corrected chi connectivity index (χ4v) is 3.82. The van der Waals surface area contributed by atoms with E-state index in [2.05, 4.69) is 29.3 Å². The van der Waals surface area contributed by atoms with Gasteiger partial charge in [-0.25, -0.2) is 4.79 Å². The second kappa shape index (κ2) is 8.44. The van der Waals surface area contributed by atoms with Gasteiger partial charge in [0.05, 0.1) is 6.04 Å². The number of nitrogens with one attached hydrogen (secondary N) is 1. The van der Waals surface area contributed by atoms with Crippen molar-refractivity contribution in [3.63, 3.8) is 0 Å². The molecule has 3 rings (SSSR count). The summed E-state index contributed by atoms with van der Waals surface area (Å²) in [4.78, 5) is 27.1. The minimum absolute atomic E-state index is 0.0383. The molecule has 1 unspecified atom stereocenters. The Hall–Kier alpha value is -2.85. The first-order chi connectivity index (χ1) is 13.4. The van der Waals surface area contributed by atoms with Crippen LogP contribution in [0.1, 0.15) is 36.9 Å². The van der Waals surface area contributed by atoms with Crippen molar-refractivity contribution < 1.29 is 0 Å². The topological polar surface area (TPSA) is 83.1 Å². The summed E-state index contributed by atoms with van der Waals surface area (Å²) in [7, 11) is 2.96. The van der Waals surface area contributed by atoms with Crippen molar-refractivity contribution in [1.29, 1.82) is 5.26 Å². The second-order valence-corrected chi connectivity index (χ2v) is 7.57. The lowest BCUT2D eigenvalue weighted by molar-refractivity contribution is 0.143. The van der Waals surface area contributed by atoms with Gasteiger partial charge in [0, 0.05) is 20.6 Å². The molecule has 1 saturated heterocycles. The molecule has 0 aliphatic carbocycles. The SMILES string of the molecule is CC1CCN(C(CNc2c(C#N)c(=O)n(C)c(=O)n2C)c2ccccc2)CC1. The molecule has 1 atom stereocenters. The molecule has 1 aromatic carbocycles. The van der Waals surface area contributed by atoms with Crippen LogP contribution in [0.3, 0.4) is 0 Å². The van der Waals surface area contributed by atoms with E-state index in [1.54, 1.807) is 7.05 Å². The van der Waals surface area contributed by atoms with Gasteiger partial charge in [-0.1, -0.05) is 37.3 Å². The Balaban J connectivity index is 1.92. The van der Waals surface area contributed by atoms with Crippen LogP contribution < -0.4 is 16.6 Å². The van der Waals surface area contributed by atoms with Crippen molar-refractivity contribution in [2.75, 3.05) is 25.0 Å². The van der Waals surface area contributed by atoms with E-state index in [0.717, 1.165) is 36.4 Å². The second-order valence-electron chi connectivity index (χ2n) is 7.57. The van der Waals surface area contributed by atoms with E-state index in [1.807, 2.05) is 24.3 Å². The van der Waals surface area contributed by atoms with Crippen LogP contribution >= 0.6 is 0 Å². The molecule has 0 amide bonds. The molecule has 2 heterocycles. The summed E-state index contributed by atoms with van der Waals surface area (Å²) in [5, 5.41) is 12.7. The molecule has 2 aromatic rings. The molecule has 7 heteroatoms. The maximum atomic E-state index is 12.3. The molecule has 1 aromatic heterocycles. The van der Waals surface area contributed by atoms with Crippen molar-refractivity contribution in [1.82, 2.24) is 14.0 Å². The molecule has 0 saturated carbocycles. The molecule has 1 fully saturated rings. The fourth-order valence-electron chi connectivity index (χ4n) is 3.82. The normalized spacial score (nSPS) is 16.5. The summed E-state index contributed by atoms with van der Waals surface area (Å²) in [6.45, 7) is 4.79. The standard InChI is InChI=1S/C21H27N5O2/c1-15-9-11-26(12-10-15)18(16-7-5-4-6-8-16)14-23-19-17(13-22)20(27)25(3)21(28)24(19)2/h4-8,15,18,23H,9-12,14H2,1-3H3. The van der Waals surface area contributed by atoms with Crippen LogP contribution in [0.5, 0.6) is 0 Å². The van der Waals surface area contributed by atoms with Crippen LogP contribution in [0.2, 0.25) is 0 Å². The van der Waals surface area contributed by atoms with Crippen LogP contribution in [0.4, 0.5) is 5.82 Å². The van der Waals surface area contributed by atoms with E-state index < -0.39 is 11.2 Å². The molecule has 0 bridgehead atoms. The first-order valence-corrected chi connectivity index (χ1v) is 9.67. The highest BCUT2D eigenvalue weighted by molar-refractivity contribution is 5.51. The summed E-state index contributed by atoms with van der Waals surface area (Å²) in [5.74, 6) is 1.01. The molecule has 1 aliphatic rings. The molecule has 7 nitrogen and oxygen atoms in total. The van der Waals surface area contributed by atoms with E-state index >= 15 is 0 Å². The number of benzene rings is 1. The van der Waals surface area contributed by atoms with Crippen molar-refractivity contribution in [3.8, 4) is 6.07 Å². The number of hydrogen-bond acceptors (Lipinski definition) is 5. The van der Waals surface area contributed by atoms with Gasteiger partial charge in [0.2, 0.25) is 0 Å². The molecule has 0 radical (unpaired) electrons. The third kappa shape index (κ3) is 3.87. The van der Waals surface area contributed by atoms with E-state index in [1.165, 1.54) is 17.2 Å². The summed E-state index contributed by atoms with van der Waals surface area (Å²) in [5.41, 5.74) is 0.117. The van der Waals surface area contributed by atoms with Crippen LogP contribution in [-0.2, 0) is 14.1 Å². The number of rotatable bonds is 5. The quantitative estimate of drug-likeness (QED) is 0.854. The smallest absolute Gasteiger partial charge is 0.332 e. The summed E-state index contributed by atoms with van der Waals surface area (Å²) in [6.07, 6.45) is 2.30. The van der Waals surface area contributed by atoms with Crippen molar-refractivity contribution in [2.24, 2.45) is 20.0 Å². The number of piperidine rings is 1. The van der Waals surface area contributed by atoms with Crippen LogP contribution in [0, 0.1) is 17.2 Å². The van der Waals surface area contributed by atoms with Gasteiger partial charge in [-0.15, -0.1) is 0 Å². The molecule has 1 N–H and O–H groups in total. The van der Waals surface area contributed by atoms with Crippen molar-refractivity contribution >= 4 is 5.82 Å².